The molecule has 0 amide bonds. The lowest BCUT2D eigenvalue weighted by Crippen LogP contribution is -2.44. The molecule has 1 fully saturated rings. The smallest absolute Gasteiger partial charge is 0.111 e. The lowest BCUT2D eigenvalue weighted by molar-refractivity contribution is -0.0720. The fourth-order valence-electron chi connectivity index (χ4n) is 3.22. The maximum Gasteiger partial charge on any atom is 0.111 e. The molecular formula is C18H29NO. The first-order valence-corrected chi connectivity index (χ1v) is 8.13. The Kier molecular flexibility index (Phi) is 5.22. The predicted octanol–water partition coefficient (Wildman–Crippen LogP) is 4.15. The van der Waals surface area contributed by atoms with Gasteiger partial charge in [-0.2, -0.15) is 0 Å². The lowest BCUT2D eigenvalue weighted by atomic mass is 9.85. The molecule has 1 unspecified atom stereocenters. The molecule has 0 aromatic heterocycles. The largest absolute Gasteiger partial charge is 0.355 e. The molecule has 0 aliphatic carbocycles. The summed E-state index contributed by atoms with van der Waals surface area (Å²) < 4.78 is 6.47. The van der Waals surface area contributed by atoms with Crippen LogP contribution >= 0.6 is 0 Å². The summed E-state index contributed by atoms with van der Waals surface area (Å²) in [6.45, 7) is 9.02. The first kappa shape index (κ1) is 15.5. The second kappa shape index (κ2) is 6.73. The molecule has 1 saturated heterocycles. The molecule has 2 nitrogen and oxygen atoms in total. The summed E-state index contributed by atoms with van der Waals surface area (Å²) in [6.07, 6.45) is 4.55. The summed E-state index contributed by atoms with van der Waals surface area (Å²) in [5.41, 5.74) is 1.38. The van der Waals surface area contributed by atoms with Crippen LogP contribution in [-0.2, 0) is 11.2 Å². The summed E-state index contributed by atoms with van der Waals surface area (Å²) in [5.74, 6) is 0.563. The molecule has 2 rings (SSSR count). The molecule has 0 spiro atoms. The highest BCUT2D eigenvalue weighted by Crippen LogP contribution is 2.36. The number of hydrogen-bond acceptors (Lipinski definition) is 2. The van der Waals surface area contributed by atoms with Gasteiger partial charge in [-0.3, -0.25) is 5.32 Å². The van der Waals surface area contributed by atoms with Gasteiger partial charge in [-0.05, 0) is 37.2 Å². The van der Waals surface area contributed by atoms with Gasteiger partial charge in [0.1, 0.15) is 6.23 Å². The number of hydrogen-bond donors (Lipinski definition) is 1. The van der Waals surface area contributed by atoms with E-state index in [4.69, 9.17) is 4.74 Å². The van der Waals surface area contributed by atoms with Crippen LogP contribution in [0.5, 0.6) is 0 Å². The van der Waals surface area contributed by atoms with Crippen LogP contribution in [0, 0.1) is 5.92 Å². The van der Waals surface area contributed by atoms with Gasteiger partial charge in [0.25, 0.3) is 0 Å². The molecule has 1 heterocycles. The second-order valence-electron chi connectivity index (χ2n) is 6.10. The van der Waals surface area contributed by atoms with Crippen molar-refractivity contribution < 1.29 is 4.74 Å². The van der Waals surface area contributed by atoms with Crippen LogP contribution in [0.2, 0.25) is 0 Å². The Labute approximate surface area is 123 Å². The van der Waals surface area contributed by atoms with Crippen LogP contribution in [0.25, 0.3) is 0 Å². The van der Waals surface area contributed by atoms with E-state index in [2.05, 4.69) is 63.3 Å². The van der Waals surface area contributed by atoms with Gasteiger partial charge in [0.05, 0.1) is 5.60 Å². The highest BCUT2D eigenvalue weighted by atomic mass is 16.5. The van der Waals surface area contributed by atoms with Crippen molar-refractivity contribution in [2.24, 2.45) is 5.92 Å². The summed E-state index contributed by atoms with van der Waals surface area (Å²) >= 11 is 0. The minimum absolute atomic E-state index is 0.00998. The zero-order chi connectivity index (χ0) is 14.6. The van der Waals surface area contributed by atoms with E-state index in [0.717, 1.165) is 25.7 Å². The van der Waals surface area contributed by atoms with Gasteiger partial charge in [0, 0.05) is 6.04 Å². The fraction of sp³-hybridized carbons (Fsp3) is 0.667. The number of rotatable bonds is 6. The van der Waals surface area contributed by atoms with Crippen molar-refractivity contribution in [2.45, 2.75) is 71.2 Å². The monoisotopic (exact) mass is 275 g/mol. The van der Waals surface area contributed by atoms with Crippen molar-refractivity contribution in [1.29, 1.82) is 0 Å². The Morgan fingerprint density at radius 1 is 1.15 bits per heavy atom. The predicted molar refractivity (Wildman–Crippen MR) is 84.7 cm³/mol. The molecule has 1 aliphatic heterocycles. The fourth-order valence-corrected chi connectivity index (χ4v) is 3.22. The standard InChI is InChI=1S/C18H29NO/c1-5-14(4)17-19-16(18(6-2,7-3)20-17)13-15-11-9-8-10-12-15/h8-12,14,16-17,19H,5-7,13H2,1-4H3/t14?,16-,17-/m0/s1. The van der Waals surface area contributed by atoms with E-state index < -0.39 is 0 Å². The van der Waals surface area contributed by atoms with E-state index in [1.165, 1.54) is 5.56 Å². The van der Waals surface area contributed by atoms with E-state index in [1.807, 2.05) is 0 Å². The van der Waals surface area contributed by atoms with E-state index in [1.54, 1.807) is 0 Å². The first-order valence-electron chi connectivity index (χ1n) is 8.13. The van der Waals surface area contributed by atoms with Gasteiger partial charge in [-0.15, -0.1) is 0 Å². The molecule has 1 aliphatic rings. The van der Waals surface area contributed by atoms with E-state index in [0.29, 0.717) is 12.0 Å². The highest BCUT2D eigenvalue weighted by molar-refractivity contribution is 5.18. The zero-order valence-corrected chi connectivity index (χ0v) is 13.4. The van der Waals surface area contributed by atoms with Crippen molar-refractivity contribution in [1.82, 2.24) is 5.32 Å². The molecule has 0 bridgehead atoms. The van der Waals surface area contributed by atoms with Gasteiger partial charge in [0.15, 0.2) is 0 Å². The lowest BCUT2D eigenvalue weighted by Gasteiger charge is -2.32. The Morgan fingerprint density at radius 2 is 1.80 bits per heavy atom. The van der Waals surface area contributed by atoms with Crippen molar-refractivity contribution >= 4 is 0 Å². The molecule has 1 N–H and O–H groups in total. The number of benzene rings is 1. The molecule has 2 heteroatoms. The van der Waals surface area contributed by atoms with Crippen LogP contribution in [0.1, 0.15) is 52.5 Å². The maximum atomic E-state index is 6.47. The first-order chi connectivity index (χ1) is 9.65. The zero-order valence-electron chi connectivity index (χ0n) is 13.4. The molecule has 20 heavy (non-hydrogen) atoms. The van der Waals surface area contributed by atoms with Crippen LogP contribution in [0.3, 0.4) is 0 Å². The van der Waals surface area contributed by atoms with Gasteiger partial charge in [-0.1, -0.05) is 58.0 Å². The van der Waals surface area contributed by atoms with Crippen molar-refractivity contribution in [3.63, 3.8) is 0 Å². The van der Waals surface area contributed by atoms with Crippen LogP contribution in [0.15, 0.2) is 30.3 Å². The van der Waals surface area contributed by atoms with E-state index in [-0.39, 0.29) is 11.8 Å². The van der Waals surface area contributed by atoms with Crippen LogP contribution in [0.4, 0.5) is 0 Å². The third-order valence-corrected chi connectivity index (χ3v) is 5.00. The van der Waals surface area contributed by atoms with E-state index >= 15 is 0 Å². The molecule has 1 aromatic rings. The molecule has 0 radical (unpaired) electrons. The third-order valence-electron chi connectivity index (χ3n) is 5.00. The Balaban J connectivity index is 2.15. The number of ether oxygens (including phenoxy) is 1. The van der Waals surface area contributed by atoms with E-state index in [9.17, 15) is 0 Å². The molecule has 3 atom stereocenters. The average Bonchev–Trinajstić information content (AvgIpc) is 2.86. The van der Waals surface area contributed by atoms with Crippen molar-refractivity contribution in [3.8, 4) is 0 Å². The molecular weight excluding hydrogens is 246 g/mol. The topological polar surface area (TPSA) is 21.3 Å². The Hall–Kier alpha value is -0.860. The average molecular weight is 275 g/mol. The third kappa shape index (κ3) is 3.07. The van der Waals surface area contributed by atoms with Crippen LogP contribution < -0.4 is 5.32 Å². The van der Waals surface area contributed by atoms with Gasteiger partial charge in [0.2, 0.25) is 0 Å². The summed E-state index contributed by atoms with van der Waals surface area (Å²) in [5, 5.41) is 3.76. The summed E-state index contributed by atoms with van der Waals surface area (Å²) in [4.78, 5) is 0. The SMILES string of the molecule is CCC(C)[C@H]1N[C@@H](Cc2ccccc2)C(CC)(CC)O1. The summed E-state index contributed by atoms with van der Waals surface area (Å²) in [7, 11) is 0. The van der Waals surface area contributed by atoms with Gasteiger partial charge < -0.3 is 4.74 Å². The quantitative estimate of drug-likeness (QED) is 0.842. The minimum atomic E-state index is -0.00998. The van der Waals surface area contributed by atoms with Crippen LogP contribution in [-0.4, -0.2) is 17.9 Å². The molecule has 112 valence electrons. The van der Waals surface area contributed by atoms with Gasteiger partial charge in [-0.25, -0.2) is 0 Å². The second-order valence-corrected chi connectivity index (χ2v) is 6.10. The Bertz CT molecular complexity index is 399. The number of nitrogens with one attached hydrogen (secondary N) is 1. The van der Waals surface area contributed by atoms with Gasteiger partial charge >= 0.3 is 0 Å². The van der Waals surface area contributed by atoms with Crippen molar-refractivity contribution in [3.05, 3.63) is 35.9 Å². The normalized spacial score (nSPS) is 26.6. The highest BCUT2D eigenvalue weighted by Gasteiger charge is 2.46. The molecule has 1 aromatic carbocycles. The molecule has 0 saturated carbocycles. The maximum absolute atomic E-state index is 6.47. The minimum Gasteiger partial charge on any atom is -0.355 e. The van der Waals surface area contributed by atoms with Crippen molar-refractivity contribution in [2.75, 3.05) is 0 Å². The Morgan fingerprint density at radius 3 is 2.35 bits per heavy atom. The summed E-state index contributed by atoms with van der Waals surface area (Å²) in [6, 6.07) is 11.2.